The van der Waals surface area contributed by atoms with Gasteiger partial charge in [0.05, 0.1) is 5.69 Å². The molecule has 0 saturated carbocycles. The highest BCUT2D eigenvalue weighted by Gasteiger charge is 2.69. The Hall–Kier alpha value is -3.36. The standard InChI is InChI=1S/C19H16F3N3O3/c1-11-8-9-14(10-12(11)2)25-16(27)18(19(20,21)22,24-17(25)28)23-15(26)13-6-4-3-5-7-13/h3-10H,1-2H3,(H,23,26)(H,24,28)/t18-/m1/s1. The topological polar surface area (TPSA) is 78.5 Å². The Bertz CT molecular complexity index is 960. The minimum atomic E-state index is -5.27. The number of nitrogens with one attached hydrogen (secondary N) is 2. The summed E-state index contributed by atoms with van der Waals surface area (Å²) in [6.45, 7) is 3.48. The van der Waals surface area contributed by atoms with E-state index in [1.54, 1.807) is 36.6 Å². The summed E-state index contributed by atoms with van der Waals surface area (Å²) < 4.78 is 41.6. The van der Waals surface area contributed by atoms with Crippen LogP contribution >= 0.6 is 0 Å². The van der Waals surface area contributed by atoms with Crippen LogP contribution in [-0.2, 0) is 4.79 Å². The molecule has 0 radical (unpaired) electrons. The lowest BCUT2D eigenvalue weighted by atomic mass is 10.1. The van der Waals surface area contributed by atoms with Crippen LogP contribution in [0.5, 0.6) is 0 Å². The van der Waals surface area contributed by atoms with Crippen LogP contribution in [0.3, 0.4) is 0 Å². The number of imide groups is 1. The molecule has 0 aliphatic carbocycles. The van der Waals surface area contributed by atoms with Gasteiger partial charge in [-0.1, -0.05) is 24.3 Å². The quantitative estimate of drug-likeness (QED) is 0.790. The Morgan fingerprint density at radius 2 is 1.68 bits per heavy atom. The van der Waals surface area contributed by atoms with Gasteiger partial charge in [-0.05, 0) is 49.2 Å². The lowest BCUT2D eigenvalue weighted by molar-refractivity contribution is -0.197. The maximum absolute atomic E-state index is 13.9. The molecule has 9 heteroatoms. The molecule has 1 fully saturated rings. The van der Waals surface area contributed by atoms with E-state index in [2.05, 4.69) is 0 Å². The summed E-state index contributed by atoms with van der Waals surface area (Å²) in [7, 11) is 0. The van der Waals surface area contributed by atoms with Gasteiger partial charge in [-0.3, -0.25) is 14.9 Å². The number of halogens is 3. The van der Waals surface area contributed by atoms with Gasteiger partial charge in [-0.25, -0.2) is 9.69 Å². The van der Waals surface area contributed by atoms with Crippen LogP contribution in [0, 0.1) is 13.8 Å². The second-order valence-electron chi connectivity index (χ2n) is 6.41. The number of rotatable bonds is 3. The Kier molecular flexibility index (Phi) is 4.62. The third kappa shape index (κ3) is 3.08. The van der Waals surface area contributed by atoms with Crippen molar-refractivity contribution in [2.75, 3.05) is 4.90 Å². The number of alkyl halides is 3. The molecule has 28 heavy (non-hydrogen) atoms. The van der Waals surface area contributed by atoms with E-state index in [-0.39, 0.29) is 11.3 Å². The van der Waals surface area contributed by atoms with Gasteiger partial charge < -0.3 is 5.32 Å². The second kappa shape index (κ2) is 6.66. The highest BCUT2D eigenvalue weighted by Crippen LogP contribution is 2.36. The molecule has 2 N–H and O–H groups in total. The molecule has 1 aliphatic rings. The number of nitrogens with zero attached hydrogens (tertiary/aromatic N) is 1. The Balaban J connectivity index is 2.02. The number of hydrogen-bond acceptors (Lipinski definition) is 3. The normalized spacial score (nSPS) is 19.5. The maximum Gasteiger partial charge on any atom is 0.440 e. The zero-order valence-electron chi connectivity index (χ0n) is 14.9. The summed E-state index contributed by atoms with van der Waals surface area (Å²) in [5.41, 5.74) is -2.13. The summed E-state index contributed by atoms with van der Waals surface area (Å²) in [5, 5.41) is 3.29. The average molecular weight is 391 g/mol. The lowest BCUT2D eigenvalue weighted by Gasteiger charge is -2.29. The van der Waals surface area contributed by atoms with Gasteiger partial charge in [0.15, 0.2) is 0 Å². The van der Waals surface area contributed by atoms with E-state index in [4.69, 9.17) is 0 Å². The van der Waals surface area contributed by atoms with Crippen molar-refractivity contribution in [3.8, 4) is 0 Å². The number of anilines is 1. The summed E-state index contributed by atoms with van der Waals surface area (Å²) in [6.07, 6.45) is -5.27. The van der Waals surface area contributed by atoms with Gasteiger partial charge in [0.2, 0.25) is 0 Å². The first-order valence-corrected chi connectivity index (χ1v) is 8.25. The zero-order valence-corrected chi connectivity index (χ0v) is 14.9. The molecule has 146 valence electrons. The summed E-state index contributed by atoms with van der Waals surface area (Å²) in [6, 6.07) is 10.2. The number of urea groups is 1. The summed E-state index contributed by atoms with van der Waals surface area (Å²) in [4.78, 5) is 37.8. The van der Waals surface area contributed by atoms with Crippen molar-refractivity contribution < 1.29 is 27.6 Å². The number of aryl methyl sites for hydroxylation is 2. The molecule has 1 heterocycles. The molecule has 1 aliphatic heterocycles. The van der Waals surface area contributed by atoms with Crippen molar-refractivity contribution in [1.82, 2.24) is 10.6 Å². The van der Waals surface area contributed by atoms with Gasteiger partial charge in [-0.15, -0.1) is 0 Å². The lowest BCUT2D eigenvalue weighted by Crippen LogP contribution is -2.69. The van der Waals surface area contributed by atoms with Gasteiger partial charge in [0, 0.05) is 5.56 Å². The minimum absolute atomic E-state index is 0.0225. The van der Waals surface area contributed by atoms with Gasteiger partial charge in [0.1, 0.15) is 0 Å². The molecule has 0 aromatic heterocycles. The monoisotopic (exact) mass is 391 g/mol. The van der Waals surface area contributed by atoms with Crippen LogP contribution in [0.2, 0.25) is 0 Å². The SMILES string of the molecule is Cc1ccc(N2C(=O)N[C@@](NC(=O)c3ccccc3)(C(F)(F)F)C2=O)cc1C. The van der Waals surface area contributed by atoms with E-state index >= 15 is 0 Å². The van der Waals surface area contributed by atoms with Crippen LogP contribution in [0.1, 0.15) is 21.5 Å². The first-order chi connectivity index (χ1) is 13.1. The minimum Gasteiger partial charge on any atom is -0.314 e. The van der Waals surface area contributed by atoms with E-state index < -0.39 is 29.7 Å². The Morgan fingerprint density at radius 3 is 2.25 bits per heavy atom. The van der Waals surface area contributed by atoms with E-state index in [0.29, 0.717) is 10.5 Å². The molecule has 4 amide bonds. The fourth-order valence-corrected chi connectivity index (χ4v) is 2.81. The third-order valence-corrected chi connectivity index (χ3v) is 4.53. The molecule has 1 atom stereocenters. The van der Waals surface area contributed by atoms with Crippen LogP contribution in [0.15, 0.2) is 48.5 Å². The van der Waals surface area contributed by atoms with Crippen LogP contribution < -0.4 is 15.5 Å². The highest BCUT2D eigenvalue weighted by molar-refractivity contribution is 6.24. The van der Waals surface area contributed by atoms with Crippen molar-refractivity contribution in [2.45, 2.75) is 25.7 Å². The molecule has 0 spiro atoms. The predicted octanol–water partition coefficient (Wildman–Crippen LogP) is 3.05. The van der Waals surface area contributed by atoms with E-state index in [1.165, 1.54) is 36.4 Å². The molecular formula is C19H16F3N3O3. The van der Waals surface area contributed by atoms with Gasteiger partial charge in [0.25, 0.3) is 17.5 Å². The number of carbonyl (C=O) groups is 3. The van der Waals surface area contributed by atoms with E-state index in [9.17, 15) is 27.6 Å². The van der Waals surface area contributed by atoms with Crippen LogP contribution in [-0.4, -0.2) is 29.7 Å². The molecule has 6 nitrogen and oxygen atoms in total. The number of amides is 4. The fraction of sp³-hybridized carbons (Fsp3) is 0.211. The molecular weight excluding hydrogens is 375 g/mol. The summed E-state index contributed by atoms with van der Waals surface area (Å²) in [5.74, 6) is -2.77. The Morgan fingerprint density at radius 1 is 1.04 bits per heavy atom. The number of carbonyl (C=O) groups excluding carboxylic acids is 3. The fourth-order valence-electron chi connectivity index (χ4n) is 2.81. The van der Waals surface area contributed by atoms with E-state index in [1.807, 2.05) is 0 Å². The molecule has 2 aromatic rings. The number of hydrogen-bond donors (Lipinski definition) is 2. The van der Waals surface area contributed by atoms with Gasteiger partial charge in [-0.2, -0.15) is 13.2 Å². The first-order valence-electron chi connectivity index (χ1n) is 8.25. The molecule has 3 rings (SSSR count). The second-order valence-corrected chi connectivity index (χ2v) is 6.41. The molecule has 0 unspecified atom stereocenters. The molecule has 2 aromatic carbocycles. The summed E-state index contributed by atoms with van der Waals surface area (Å²) >= 11 is 0. The van der Waals surface area contributed by atoms with Crippen molar-refractivity contribution in [2.24, 2.45) is 0 Å². The van der Waals surface area contributed by atoms with Crippen LogP contribution in [0.4, 0.5) is 23.7 Å². The molecule has 1 saturated heterocycles. The zero-order chi connectivity index (χ0) is 20.7. The van der Waals surface area contributed by atoms with Gasteiger partial charge >= 0.3 is 12.2 Å². The first kappa shape index (κ1) is 19.4. The Labute approximate surface area is 158 Å². The smallest absolute Gasteiger partial charge is 0.314 e. The van der Waals surface area contributed by atoms with Crippen molar-refractivity contribution in [3.05, 3.63) is 65.2 Å². The van der Waals surface area contributed by atoms with Crippen molar-refractivity contribution in [1.29, 1.82) is 0 Å². The van der Waals surface area contributed by atoms with Crippen LogP contribution in [0.25, 0.3) is 0 Å². The largest absolute Gasteiger partial charge is 0.440 e. The van der Waals surface area contributed by atoms with E-state index in [0.717, 1.165) is 5.56 Å². The maximum atomic E-state index is 13.9. The van der Waals surface area contributed by atoms with Crippen molar-refractivity contribution in [3.63, 3.8) is 0 Å². The highest BCUT2D eigenvalue weighted by atomic mass is 19.4. The molecule has 0 bridgehead atoms. The number of benzene rings is 2. The van der Waals surface area contributed by atoms with Crippen molar-refractivity contribution >= 4 is 23.5 Å². The predicted molar refractivity (Wildman–Crippen MR) is 94.6 cm³/mol. The third-order valence-electron chi connectivity index (χ3n) is 4.53. The average Bonchev–Trinajstić information content (AvgIpc) is 2.89.